The highest BCUT2D eigenvalue weighted by Crippen LogP contribution is 2.37. The van der Waals surface area contributed by atoms with E-state index in [0.717, 1.165) is 24.8 Å². The lowest BCUT2D eigenvalue weighted by Gasteiger charge is -1.93. The minimum absolute atomic E-state index is 0.319. The number of fused-ring (bicyclic) bond motifs is 1. The topological polar surface area (TPSA) is 63.3 Å². The number of carboxylic acids is 1. The molecule has 0 amide bonds. The third-order valence-corrected chi connectivity index (χ3v) is 3.45. The molecule has 12 heavy (non-hydrogen) atoms. The summed E-state index contributed by atoms with van der Waals surface area (Å²) in [6.07, 6.45) is 3.06. The molecule has 3 N–H and O–H groups in total. The van der Waals surface area contributed by atoms with Crippen LogP contribution in [0.1, 0.15) is 26.5 Å². The van der Waals surface area contributed by atoms with Gasteiger partial charge in [-0.15, -0.1) is 11.3 Å². The highest BCUT2D eigenvalue weighted by Gasteiger charge is 2.23. The number of thiophene rings is 1. The van der Waals surface area contributed by atoms with Gasteiger partial charge in [0.05, 0.1) is 5.69 Å². The Morgan fingerprint density at radius 2 is 2.25 bits per heavy atom. The molecule has 0 fully saturated rings. The molecule has 0 aliphatic heterocycles. The van der Waals surface area contributed by atoms with Crippen molar-refractivity contribution in [1.29, 1.82) is 0 Å². The molecule has 1 aliphatic rings. The van der Waals surface area contributed by atoms with E-state index in [0.29, 0.717) is 10.6 Å². The minimum Gasteiger partial charge on any atom is -0.477 e. The highest BCUT2D eigenvalue weighted by atomic mass is 32.1. The fourth-order valence-electron chi connectivity index (χ4n) is 1.59. The molecule has 1 aliphatic carbocycles. The monoisotopic (exact) mass is 183 g/mol. The van der Waals surface area contributed by atoms with Crippen LogP contribution in [0.25, 0.3) is 0 Å². The minimum atomic E-state index is -0.896. The van der Waals surface area contributed by atoms with Gasteiger partial charge in [-0.2, -0.15) is 0 Å². The van der Waals surface area contributed by atoms with Crippen LogP contribution in [0.4, 0.5) is 5.69 Å². The number of carboxylic acid groups (broad SMARTS) is 1. The molecule has 1 heterocycles. The lowest BCUT2D eigenvalue weighted by atomic mass is 10.2. The summed E-state index contributed by atoms with van der Waals surface area (Å²) in [5.74, 6) is -0.896. The van der Waals surface area contributed by atoms with Crippen molar-refractivity contribution in [3.8, 4) is 0 Å². The zero-order chi connectivity index (χ0) is 8.72. The van der Waals surface area contributed by atoms with Crippen LogP contribution in [0.15, 0.2) is 0 Å². The molecule has 64 valence electrons. The van der Waals surface area contributed by atoms with Gasteiger partial charge < -0.3 is 10.8 Å². The Hall–Kier alpha value is -1.03. The van der Waals surface area contributed by atoms with E-state index in [4.69, 9.17) is 10.8 Å². The van der Waals surface area contributed by atoms with Crippen LogP contribution in [0.5, 0.6) is 0 Å². The number of hydrogen-bond donors (Lipinski definition) is 2. The van der Waals surface area contributed by atoms with E-state index in [1.54, 1.807) is 0 Å². The van der Waals surface area contributed by atoms with Crippen molar-refractivity contribution in [2.24, 2.45) is 0 Å². The molecule has 0 atom stereocenters. The number of anilines is 1. The van der Waals surface area contributed by atoms with Crippen molar-refractivity contribution in [2.75, 3.05) is 5.73 Å². The first-order chi connectivity index (χ1) is 5.70. The molecule has 1 aromatic rings. The second-order valence-corrected chi connectivity index (χ2v) is 4.01. The zero-order valence-corrected chi connectivity index (χ0v) is 7.28. The Morgan fingerprint density at radius 1 is 1.50 bits per heavy atom. The van der Waals surface area contributed by atoms with Crippen molar-refractivity contribution in [2.45, 2.75) is 19.3 Å². The van der Waals surface area contributed by atoms with Crippen LogP contribution in [0.2, 0.25) is 0 Å². The standard InChI is InChI=1S/C8H9NO2S/c9-6-4-2-1-3-5(4)12-7(6)8(10)11/h1-3,9H2,(H,10,11). The fraction of sp³-hybridized carbons (Fsp3) is 0.375. The Balaban J connectivity index is 2.54. The largest absolute Gasteiger partial charge is 0.477 e. The molecular formula is C8H9NO2S. The predicted molar refractivity (Wildman–Crippen MR) is 47.7 cm³/mol. The summed E-state index contributed by atoms with van der Waals surface area (Å²) >= 11 is 1.33. The number of hydrogen-bond acceptors (Lipinski definition) is 3. The van der Waals surface area contributed by atoms with E-state index in [-0.39, 0.29) is 0 Å². The summed E-state index contributed by atoms with van der Waals surface area (Å²) in [6, 6.07) is 0. The van der Waals surface area contributed by atoms with Gasteiger partial charge in [0, 0.05) is 4.88 Å². The lowest BCUT2D eigenvalue weighted by Crippen LogP contribution is -1.99. The van der Waals surface area contributed by atoms with Gasteiger partial charge in [-0.1, -0.05) is 0 Å². The van der Waals surface area contributed by atoms with Crippen LogP contribution in [0, 0.1) is 0 Å². The molecule has 0 saturated carbocycles. The molecule has 0 aromatic carbocycles. The summed E-state index contributed by atoms with van der Waals surface area (Å²) in [4.78, 5) is 12.1. The highest BCUT2D eigenvalue weighted by molar-refractivity contribution is 7.14. The molecule has 0 radical (unpaired) electrons. The van der Waals surface area contributed by atoms with Crippen LogP contribution >= 0.6 is 11.3 Å². The molecular weight excluding hydrogens is 174 g/mol. The molecule has 0 saturated heterocycles. The average Bonchev–Trinajstić information content (AvgIpc) is 2.53. The molecule has 2 rings (SSSR count). The fourth-order valence-corrected chi connectivity index (χ4v) is 2.74. The second kappa shape index (κ2) is 2.48. The number of nitrogens with two attached hydrogens (primary N) is 1. The SMILES string of the molecule is Nc1c(C(=O)O)sc2c1CCC2. The van der Waals surface area contributed by atoms with Crippen molar-refractivity contribution in [3.63, 3.8) is 0 Å². The van der Waals surface area contributed by atoms with Gasteiger partial charge >= 0.3 is 5.97 Å². The van der Waals surface area contributed by atoms with E-state index in [9.17, 15) is 4.79 Å². The Labute approximate surface area is 73.8 Å². The Morgan fingerprint density at radius 3 is 2.83 bits per heavy atom. The number of aromatic carboxylic acids is 1. The number of nitrogen functional groups attached to an aromatic ring is 1. The predicted octanol–water partition coefficient (Wildman–Crippen LogP) is 1.52. The maximum atomic E-state index is 10.7. The third-order valence-electron chi connectivity index (χ3n) is 2.16. The molecule has 0 unspecified atom stereocenters. The van der Waals surface area contributed by atoms with E-state index in [2.05, 4.69) is 0 Å². The smallest absolute Gasteiger partial charge is 0.348 e. The summed E-state index contributed by atoms with van der Waals surface area (Å²) in [7, 11) is 0. The summed E-state index contributed by atoms with van der Waals surface area (Å²) in [5.41, 5.74) is 7.27. The van der Waals surface area contributed by atoms with Crippen molar-refractivity contribution < 1.29 is 9.90 Å². The maximum absolute atomic E-state index is 10.7. The van der Waals surface area contributed by atoms with E-state index in [1.807, 2.05) is 0 Å². The van der Waals surface area contributed by atoms with Crippen LogP contribution in [-0.2, 0) is 12.8 Å². The van der Waals surface area contributed by atoms with Gasteiger partial charge in [0.2, 0.25) is 0 Å². The van der Waals surface area contributed by atoms with Crippen molar-refractivity contribution >= 4 is 23.0 Å². The first kappa shape index (κ1) is 7.61. The Kier molecular flexibility index (Phi) is 1.58. The van der Waals surface area contributed by atoms with Crippen LogP contribution in [-0.4, -0.2) is 11.1 Å². The Bertz CT molecular complexity index is 343. The quantitative estimate of drug-likeness (QED) is 0.693. The summed E-state index contributed by atoms with van der Waals surface area (Å²) < 4.78 is 0. The molecule has 0 spiro atoms. The second-order valence-electron chi connectivity index (χ2n) is 2.91. The summed E-state index contributed by atoms with van der Waals surface area (Å²) in [5, 5.41) is 8.75. The van der Waals surface area contributed by atoms with Gasteiger partial charge in [0.1, 0.15) is 4.88 Å². The van der Waals surface area contributed by atoms with Crippen molar-refractivity contribution in [3.05, 3.63) is 15.3 Å². The average molecular weight is 183 g/mol. The summed E-state index contributed by atoms with van der Waals surface area (Å²) in [6.45, 7) is 0. The maximum Gasteiger partial charge on any atom is 0.348 e. The molecule has 0 bridgehead atoms. The van der Waals surface area contributed by atoms with Crippen LogP contribution in [0.3, 0.4) is 0 Å². The van der Waals surface area contributed by atoms with Gasteiger partial charge in [-0.3, -0.25) is 0 Å². The number of carbonyl (C=O) groups is 1. The van der Waals surface area contributed by atoms with E-state index < -0.39 is 5.97 Å². The molecule has 1 aromatic heterocycles. The lowest BCUT2D eigenvalue weighted by molar-refractivity contribution is 0.0703. The third kappa shape index (κ3) is 0.914. The number of aryl methyl sites for hydroxylation is 1. The van der Waals surface area contributed by atoms with E-state index >= 15 is 0 Å². The molecule has 4 heteroatoms. The molecule has 3 nitrogen and oxygen atoms in total. The van der Waals surface area contributed by atoms with Crippen molar-refractivity contribution in [1.82, 2.24) is 0 Å². The normalized spacial score (nSPS) is 14.7. The van der Waals surface area contributed by atoms with Gasteiger partial charge in [0.25, 0.3) is 0 Å². The van der Waals surface area contributed by atoms with Gasteiger partial charge in [0.15, 0.2) is 0 Å². The first-order valence-electron chi connectivity index (χ1n) is 3.83. The first-order valence-corrected chi connectivity index (χ1v) is 4.65. The van der Waals surface area contributed by atoms with E-state index in [1.165, 1.54) is 16.2 Å². The van der Waals surface area contributed by atoms with Gasteiger partial charge in [-0.05, 0) is 24.8 Å². The number of rotatable bonds is 1. The van der Waals surface area contributed by atoms with Crippen LogP contribution < -0.4 is 5.73 Å². The zero-order valence-electron chi connectivity index (χ0n) is 6.46. The van der Waals surface area contributed by atoms with Gasteiger partial charge in [-0.25, -0.2) is 4.79 Å².